The van der Waals surface area contributed by atoms with Crippen molar-refractivity contribution in [3.8, 4) is 0 Å². The Balaban J connectivity index is 2.34. The third-order valence-electron chi connectivity index (χ3n) is 3.27. The minimum absolute atomic E-state index is 0.275. The molecule has 0 aromatic heterocycles. The second-order valence-electron chi connectivity index (χ2n) is 4.39. The summed E-state index contributed by atoms with van der Waals surface area (Å²) in [6.07, 6.45) is 1.04. The van der Waals surface area contributed by atoms with Gasteiger partial charge in [-0.15, -0.1) is 0 Å². The molecular formula is C12H14N2O4S. The second kappa shape index (κ2) is 5.48. The highest BCUT2D eigenvalue weighted by atomic mass is 32.2. The number of nitro groups is 1. The second-order valence-corrected chi connectivity index (χ2v) is 5.54. The Kier molecular flexibility index (Phi) is 3.94. The van der Waals surface area contributed by atoms with Crippen molar-refractivity contribution in [1.82, 2.24) is 0 Å². The van der Waals surface area contributed by atoms with E-state index in [9.17, 15) is 14.9 Å². The van der Waals surface area contributed by atoms with Crippen LogP contribution in [0.2, 0.25) is 0 Å². The van der Waals surface area contributed by atoms with Crippen LogP contribution in [0.3, 0.4) is 0 Å². The standard InChI is InChI=1S/C12H14N2O4S/c1-13(9-4-5-19-7-9)8-2-3-10(12(15)16)11(6-8)14(17)18/h2-3,6,9H,4-5,7H2,1H3,(H,15,16). The number of benzene rings is 1. The van der Waals surface area contributed by atoms with E-state index in [2.05, 4.69) is 0 Å². The Morgan fingerprint density at radius 2 is 2.32 bits per heavy atom. The number of thioether (sulfide) groups is 1. The van der Waals surface area contributed by atoms with Gasteiger partial charge in [-0.2, -0.15) is 11.8 Å². The van der Waals surface area contributed by atoms with Crippen LogP contribution in [0, 0.1) is 10.1 Å². The van der Waals surface area contributed by atoms with E-state index in [1.165, 1.54) is 12.1 Å². The van der Waals surface area contributed by atoms with Gasteiger partial charge in [-0.1, -0.05) is 0 Å². The molecule has 1 heterocycles. The van der Waals surface area contributed by atoms with E-state index in [0.29, 0.717) is 11.7 Å². The number of rotatable bonds is 4. The van der Waals surface area contributed by atoms with Crippen molar-refractivity contribution in [1.29, 1.82) is 0 Å². The minimum atomic E-state index is -1.28. The maximum Gasteiger partial charge on any atom is 0.342 e. The molecule has 2 rings (SSSR count). The Morgan fingerprint density at radius 3 is 2.84 bits per heavy atom. The Labute approximate surface area is 114 Å². The number of hydrogen-bond acceptors (Lipinski definition) is 5. The molecule has 6 nitrogen and oxygen atoms in total. The number of carboxylic acids is 1. The van der Waals surface area contributed by atoms with E-state index in [1.807, 2.05) is 23.7 Å². The van der Waals surface area contributed by atoms with Gasteiger partial charge in [-0.3, -0.25) is 10.1 Å². The molecule has 1 atom stereocenters. The first kappa shape index (κ1) is 13.7. The molecule has 1 aliphatic rings. The van der Waals surface area contributed by atoms with Gasteiger partial charge in [0.1, 0.15) is 5.56 Å². The van der Waals surface area contributed by atoms with E-state index >= 15 is 0 Å². The molecule has 0 radical (unpaired) electrons. The van der Waals surface area contributed by atoms with Crippen LogP contribution in [0.1, 0.15) is 16.8 Å². The molecule has 1 fully saturated rings. The fourth-order valence-corrected chi connectivity index (χ4v) is 3.38. The van der Waals surface area contributed by atoms with Crippen LogP contribution in [0.4, 0.5) is 11.4 Å². The average molecular weight is 282 g/mol. The summed E-state index contributed by atoms with van der Waals surface area (Å²) in [7, 11) is 1.88. The molecule has 1 unspecified atom stereocenters. The summed E-state index contributed by atoms with van der Waals surface area (Å²) in [4.78, 5) is 23.2. The largest absolute Gasteiger partial charge is 0.477 e. The molecule has 1 aromatic rings. The van der Waals surface area contributed by atoms with Gasteiger partial charge in [0.25, 0.3) is 5.69 Å². The lowest BCUT2D eigenvalue weighted by molar-refractivity contribution is -0.385. The lowest BCUT2D eigenvalue weighted by atomic mass is 10.1. The van der Waals surface area contributed by atoms with E-state index in [-0.39, 0.29) is 11.3 Å². The van der Waals surface area contributed by atoms with Gasteiger partial charge < -0.3 is 10.0 Å². The maximum atomic E-state index is 10.9. The third-order valence-corrected chi connectivity index (χ3v) is 4.41. The molecule has 19 heavy (non-hydrogen) atoms. The summed E-state index contributed by atoms with van der Waals surface area (Å²) >= 11 is 1.85. The Hall–Kier alpha value is -1.76. The molecule has 1 N–H and O–H groups in total. The average Bonchev–Trinajstić information content (AvgIpc) is 2.90. The molecular weight excluding hydrogens is 268 g/mol. The van der Waals surface area contributed by atoms with Crippen molar-refractivity contribution in [3.05, 3.63) is 33.9 Å². The lowest BCUT2D eigenvalue weighted by Crippen LogP contribution is -2.31. The highest BCUT2D eigenvalue weighted by Gasteiger charge is 2.24. The van der Waals surface area contributed by atoms with Crippen LogP contribution in [0.25, 0.3) is 0 Å². The Morgan fingerprint density at radius 1 is 1.58 bits per heavy atom. The Bertz CT molecular complexity index is 514. The van der Waals surface area contributed by atoms with Crippen LogP contribution in [0.5, 0.6) is 0 Å². The number of nitrogens with zero attached hydrogens (tertiary/aromatic N) is 2. The molecule has 0 amide bonds. The number of anilines is 1. The normalized spacial score (nSPS) is 18.3. The number of hydrogen-bond donors (Lipinski definition) is 1. The number of carbonyl (C=O) groups is 1. The highest BCUT2D eigenvalue weighted by molar-refractivity contribution is 7.99. The molecule has 0 aliphatic carbocycles. The van der Waals surface area contributed by atoms with E-state index in [1.54, 1.807) is 6.07 Å². The fraction of sp³-hybridized carbons (Fsp3) is 0.417. The predicted octanol–water partition coefficient (Wildman–Crippen LogP) is 2.23. The molecule has 1 aromatic carbocycles. The topological polar surface area (TPSA) is 83.7 Å². The summed E-state index contributed by atoms with van der Waals surface area (Å²) in [5.41, 5.74) is 0.0506. The number of aromatic carboxylic acids is 1. The summed E-state index contributed by atoms with van der Waals surface area (Å²) in [5, 5.41) is 19.9. The summed E-state index contributed by atoms with van der Waals surface area (Å²) in [5.74, 6) is 0.798. The number of nitro benzene ring substituents is 1. The minimum Gasteiger partial charge on any atom is -0.477 e. The van der Waals surface area contributed by atoms with Gasteiger partial charge >= 0.3 is 5.97 Å². The summed E-state index contributed by atoms with van der Waals surface area (Å²) in [6.45, 7) is 0. The maximum absolute atomic E-state index is 10.9. The summed E-state index contributed by atoms with van der Waals surface area (Å²) in [6, 6.07) is 4.61. The molecule has 1 saturated heterocycles. The van der Waals surface area contributed by atoms with Crippen LogP contribution in [-0.2, 0) is 0 Å². The molecule has 102 valence electrons. The van der Waals surface area contributed by atoms with Crippen LogP contribution in [-0.4, -0.2) is 40.6 Å². The molecule has 7 heteroatoms. The smallest absolute Gasteiger partial charge is 0.342 e. The molecule has 0 spiro atoms. The molecule has 0 bridgehead atoms. The predicted molar refractivity (Wildman–Crippen MR) is 74.2 cm³/mol. The van der Waals surface area contributed by atoms with Gasteiger partial charge in [0.2, 0.25) is 0 Å². The van der Waals surface area contributed by atoms with Crippen molar-refractivity contribution in [2.24, 2.45) is 0 Å². The van der Waals surface area contributed by atoms with E-state index < -0.39 is 10.9 Å². The van der Waals surface area contributed by atoms with E-state index in [4.69, 9.17) is 5.11 Å². The van der Waals surface area contributed by atoms with Crippen molar-refractivity contribution < 1.29 is 14.8 Å². The lowest BCUT2D eigenvalue weighted by Gasteiger charge is -2.25. The van der Waals surface area contributed by atoms with Gasteiger partial charge in [0.15, 0.2) is 0 Å². The quantitative estimate of drug-likeness (QED) is 0.673. The zero-order valence-corrected chi connectivity index (χ0v) is 11.2. The zero-order chi connectivity index (χ0) is 14.0. The monoisotopic (exact) mass is 282 g/mol. The first-order valence-corrected chi connectivity index (χ1v) is 6.98. The molecule has 0 saturated carbocycles. The van der Waals surface area contributed by atoms with Crippen molar-refractivity contribution in [2.45, 2.75) is 12.5 Å². The first-order valence-electron chi connectivity index (χ1n) is 5.83. The van der Waals surface area contributed by atoms with Crippen molar-refractivity contribution in [2.75, 3.05) is 23.5 Å². The fourth-order valence-electron chi connectivity index (χ4n) is 2.11. The van der Waals surface area contributed by atoms with Crippen LogP contribution in [0.15, 0.2) is 18.2 Å². The molecule has 1 aliphatic heterocycles. The van der Waals surface area contributed by atoms with Crippen LogP contribution < -0.4 is 4.90 Å². The van der Waals surface area contributed by atoms with Crippen LogP contribution >= 0.6 is 11.8 Å². The van der Waals surface area contributed by atoms with Gasteiger partial charge in [0, 0.05) is 30.6 Å². The number of carboxylic acid groups (broad SMARTS) is 1. The highest BCUT2D eigenvalue weighted by Crippen LogP contribution is 2.30. The van der Waals surface area contributed by atoms with Crippen molar-refractivity contribution >= 4 is 29.1 Å². The van der Waals surface area contributed by atoms with E-state index in [0.717, 1.165) is 17.9 Å². The SMILES string of the molecule is CN(c1ccc(C(=O)O)c([N+](=O)[O-])c1)C1CCSC1. The third kappa shape index (κ3) is 2.81. The van der Waals surface area contributed by atoms with Gasteiger partial charge in [0.05, 0.1) is 4.92 Å². The van der Waals surface area contributed by atoms with Gasteiger partial charge in [-0.05, 0) is 24.3 Å². The zero-order valence-electron chi connectivity index (χ0n) is 10.4. The van der Waals surface area contributed by atoms with Gasteiger partial charge in [-0.25, -0.2) is 4.79 Å². The first-order chi connectivity index (χ1) is 9.00. The summed E-state index contributed by atoms with van der Waals surface area (Å²) < 4.78 is 0. The van der Waals surface area contributed by atoms with Crippen molar-refractivity contribution in [3.63, 3.8) is 0 Å².